The number of para-hydroxylation sites is 1. The van der Waals surface area contributed by atoms with Crippen molar-refractivity contribution in [1.29, 1.82) is 0 Å². The smallest absolute Gasteiger partial charge is 0.316 e. The largest absolute Gasteiger partial charge is 0.334 e. The number of rotatable bonds is 3. The molecule has 0 bridgehead atoms. The van der Waals surface area contributed by atoms with Crippen molar-refractivity contribution in [2.24, 2.45) is 0 Å². The summed E-state index contributed by atoms with van der Waals surface area (Å²) < 4.78 is 6.45. The number of hydrogen-bond acceptors (Lipinski definition) is 6. The van der Waals surface area contributed by atoms with Crippen LogP contribution < -0.4 is 5.56 Å². The van der Waals surface area contributed by atoms with Gasteiger partial charge in [-0.05, 0) is 25.0 Å². The fourth-order valence-corrected chi connectivity index (χ4v) is 2.83. The molecule has 4 rings (SSSR count). The van der Waals surface area contributed by atoms with Crippen LogP contribution in [0.4, 0.5) is 0 Å². The predicted octanol–water partition coefficient (Wildman–Crippen LogP) is 1.06. The van der Waals surface area contributed by atoms with Crippen LogP contribution in [0, 0.1) is 0 Å². The Morgan fingerprint density at radius 3 is 2.83 bits per heavy atom. The molecule has 0 saturated carbocycles. The first-order chi connectivity index (χ1) is 11.7. The van der Waals surface area contributed by atoms with Gasteiger partial charge < -0.3 is 9.42 Å². The van der Waals surface area contributed by atoms with Crippen LogP contribution in [0.5, 0.6) is 0 Å². The number of carbonyl (C=O) groups is 1. The molecule has 2 aromatic heterocycles. The monoisotopic (exact) mass is 325 g/mol. The SMILES string of the molecule is O=C(c1nc(Cn2cnc3ccccc3c2=O)no1)N1CCCC1. The standard InChI is InChI=1S/C16H15N5O3/c22-15-11-5-1-2-6-12(11)17-10-21(15)9-13-18-14(24-19-13)16(23)20-7-3-4-8-20/h1-2,5-6,10H,3-4,7-9H2. The van der Waals surface area contributed by atoms with Crippen LogP contribution in [0.15, 0.2) is 39.9 Å². The summed E-state index contributed by atoms with van der Waals surface area (Å²) >= 11 is 0. The van der Waals surface area contributed by atoms with Gasteiger partial charge >= 0.3 is 11.8 Å². The van der Waals surface area contributed by atoms with E-state index < -0.39 is 0 Å². The van der Waals surface area contributed by atoms with Gasteiger partial charge in [0.1, 0.15) is 0 Å². The topological polar surface area (TPSA) is 94.1 Å². The molecule has 1 aliphatic rings. The fourth-order valence-electron chi connectivity index (χ4n) is 2.83. The summed E-state index contributed by atoms with van der Waals surface area (Å²) in [5, 5.41) is 4.33. The molecule has 1 amide bonds. The van der Waals surface area contributed by atoms with Crippen molar-refractivity contribution in [3.63, 3.8) is 0 Å². The van der Waals surface area contributed by atoms with E-state index in [1.165, 1.54) is 10.9 Å². The van der Waals surface area contributed by atoms with Gasteiger partial charge in [-0.1, -0.05) is 17.3 Å². The van der Waals surface area contributed by atoms with E-state index in [1.54, 1.807) is 23.1 Å². The summed E-state index contributed by atoms with van der Waals surface area (Å²) in [6.07, 6.45) is 3.43. The number of likely N-dealkylation sites (tertiary alicyclic amines) is 1. The summed E-state index contributed by atoms with van der Waals surface area (Å²) in [5.74, 6) is -0.0133. The summed E-state index contributed by atoms with van der Waals surface area (Å²) in [5.41, 5.74) is 0.453. The van der Waals surface area contributed by atoms with Gasteiger partial charge in [0.05, 0.1) is 23.8 Å². The first-order valence-electron chi connectivity index (χ1n) is 7.78. The van der Waals surface area contributed by atoms with Gasteiger partial charge in [0.25, 0.3) is 5.56 Å². The second-order valence-corrected chi connectivity index (χ2v) is 5.71. The summed E-state index contributed by atoms with van der Waals surface area (Å²) in [6.45, 7) is 1.53. The highest BCUT2D eigenvalue weighted by Gasteiger charge is 2.24. The van der Waals surface area contributed by atoms with Gasteiger partial charge in [-0.3, -0.25) is 14.2 Å². The highest BCUT2D eigenvalue weighted by atomic mass is 16.5. The molecule has 1 aliphatic heterocycles. The van der Waals surface area contributed by atoms with Gasteiger partial charge in [0.15, 0.2) is 5.82 Å². The molecular formula is C16H15N5O3. The molecule has 8 nitrogen and oxygen atoms in total. The Bertz CT molecular complexity index is 956. The Kier molecular flexibility index (Phi) is 3.56. The predicted molar refractivity (Wildman–Crippen MR) is 84.5 cm³/mol. The van der Waals surface area contributed by atoms with Crippen LogP contribution in [0.25, 0.3) is 10.9 Å². The van der Waals surface area contributed by atoms with E-state index in [-0.39, 0.29) is 29.7 Å². The van der Waals surface area contributed by atoms with E-state index in [0.717, 1.165) is 12.8 Å². The Morgan fingerprint density at radius 1 is 1.21 bits per heavy atom. The number of aromatic nitrogens is 4. The molecule has 8 heteroatoms. The van der Waals surface area contributed by atoms with Crippen molar-refractivity contribution < 1.29 is 9.32 Å². The van der Waals surface area contributed by atoms with E-state index in [4.69, 9.17) is 4.52 Å². The van der Waals surface area contributed by atoms with Crippen LogP contribution in [0.3, 0.4) is 0 Å². The third kappa shape index (κ3) is 2.55. The minimum absolute atomic E-state index is 0.0336. The minimum atomic E-state index is -0.254. The zero-order valence-electron chi connectivity index (χ0n) is 12.9. The van der Waals surface area contributed by atoms with Crippen molar-refractivity contribution in [2.45, 2.75) is 19.4 Å². The van der Waals surface area contributed by atoms with E-state index in [9.17, 15) is 9.59 Å². The maximum atomic E-state index is 12.4. The number of carbonyl (C=O) groups excluding carboxylic acids is 1. The third-order valence-corrected chi connectivity index (χ3v) is 4.09. The molecule has 1 aromatic carbocycles. The lowest BCUT2D eigenvalue weighted by atomic mass is 10.2. The molecule has 1 fully saturated rings. The molecule has 0 unspecified atom stereocenters. The van der Waals surface area contributed by atoms with Crippen molar-refractivity contribution >= 4 is 16.8 Å². The molecule has 122 valence electrons. The van der Waals surface area contributed by atoms with E-state index in [0.29, 0.717) is 24.0 Å². The van der Waals surface area contributed by atoms with Gasteiger partial charge in [-0.25, -0.2) is 4.98 Å². The van der Waals surface area contributed by atoms with Gasteiger partial charge in [-0.15, -0.1) is 0 Å². The van der Waals surface area contributed by atoms with E-state index >= 15 is 0 Å². The summed E-state index contributed by atoms with van der Waals surface area (Å²) in [6, 6.07) is 7.12. The molecule has 3 aromatic rings. The first-order valence-corrected chi connectivity index (χ1v) is 7.78. The Morgan fingerprint density at radius 2 is 2.00 bits per heavy atom. The highest BCUT2D eigenvalue weighted by Crippen LogP contribution is 2.12. The molecule has 24 heavy (non-hydrogen) atoms. The Balaban J connectivity index is 1.59. The molecular weight excluding hydrogens is 310 g/mol. The molecule has 0 atom stereocenters. The average molecular weight is 325 g/mol. The summed E-state index contributed by atoms with van der Waals surface area (Å²) in [7, 11) is 0. The van der Waals surface area contributed by atoms with Gasteiger partial charge in [0.2, 0.25) is 0 Å². The number of benzene rings is 1. The zero-order chi connectivity index (χ0) is 16.5. The number of amides is 1. The third-order valence-electron chi connectivity index (χ3n) is 4.09. The van der Waals surface area contributed by atoms with Crippen LogP contribution in [0.2, 0.25) is 0 Å². The first kappa shape index (κ1) is 14.6. The lowest BCUT2D eigenvalue weighted by molar-refractivity contribution is 0.0743. The quantitative estimate of drug-likeness (QED) is 0.715. The summed E-state index contributed by atoms with van der Waals surface area (Å²) in [4.78, 5) is 34.7. The second-order valence-electron chi connectivity index (χ2n) is 5.71. The molecule has 0 N–H and O–H groups in total. The number of nitrogens with zero attached hydrogens (tertiary/aromatic N) is 5. The van der Waals surface area contributed by atoms with Gasteiger partial charge in [-0.2, -0.15) is 4.98 Å². The van der Waals surface area contributed by atoms with Crippen LogP contribution in [-0.2, 0) is 6.54 Å². The lowest BCUT2D eigenvalue weighted by Gasteiger charge is -2.10. The number of fused-ring (bicyclic) bond motifs is 1. The minimum Gasteiger partial charge on any atom is -0.334 e. The second kappa shape index (κ2) is 5.88. The highest BCUT2D eigenvalue weighted by molar-refractivity contribution is 5.89. The Hall–Kier alpha value is -3.03. The maximum Gasteiger partial charge on any atom is 0.316 e. The van der Waals surface area contributed by atoms with Crippen LogP contribution in [-0.4, -0.2) is 43.6 Å². The normalized spacial score (nSPS) is 14.4. The van der Waals surface area contributed by atoms with Crippen LogP contribution in [0.1, 0.15) is 29.4 Å². The molecule has 0 aliphatic carbocycles. The van der Waals surface area contributed by atoms with Crippen LogP contribution >= 0.6 is 0 Å². The lowest BCUT2D eigenvalue weighted by Crippen LogP contribution is -2.28. The average Bonchev–Trinajstić information content (AvgIpc) is 3.29. The van der Waals surface area contributed by atoms with E-state index in [1.807, 2.05) is 6.07 Å². The van der Waals surface area contributed by atoms with E-state index in [2.05, 4.69) is 15.1 Å². The van der Waals surface area contributed by atoms with Crippen molar-refractivity contribution in [1.82, 2.24) is 24.6 Å². The van der Waals surface area contributed by atoms with Gasteiger partial charge in [0, 0.05) is 13.1 Å². The molecule has 0 radical (unpaired) electrons. The molecule has 3 heterocycles. The fraction of sp³-hybridized carbons (Fsp3) is 0.312. The molecule has 0 spiro atoms. The van der Waals surface area contributed by atoms with Crippen molar-refractivity contribution in [2.75, 3.05) is 13.1 Å². The van der Waals surface area contributed by atoms with Crippen molar-refractivity contribution in [3.05, 3.63) is 52.7 Å². The Labute approximate surface area is 136 Å². The number of hydrogen-bond donors (Lipinski definition) is 0. The zero-order valence-corrected chi connectivity index (χ0v) is 12.9. The van der Waals surface area contributed by atoms with Crippen molar-refractivity contribution in [3.8, 4) is 0 Å². The molecule has 1 saturated heterocycles. The maximum absolute atomic E-state index is 12.4.